The number of para-hydroxylation sites is 1. The van der Waals surface area contributed by atoms with Gasteiger partial charge in [0.1, 0.15) is 5.75 Å². The summed E-state index contributed by atoms with van der Waals surface area (Å²) in [4.78, 5) is 0. The van der Waals surface area contributed by atoms with Crippen LogP contribution in [0, 0.1) is 0 Å². The molecule has 0 unspecified atom stereocenters. The molecule has 0 radical (unpaired) electrons. The van der Waals surface area contributed by atoms with Gasteiger partial charge in [-0.05, 0) is 25.1 Å². The second kappa shape index (κ2) is 7.70. The molecular formula is C16H22N2O2. The Labute approximate surface area is 120 Å². The lowest BCUT2D eigenvalue weighted by Crippen LogP contribution is -2.11. The van der Waals surface area contributed by atoms with Crippen LogP contribution in [0.1, 0.15) is 32.4 Å². The van der Waals surface area contributed by atoms with Gasteiger partial charge in [0.05, 0.1) is 17.9 Å². The van der Waals surface area contributed by atoms with Crippen LogP contribution >= 0.6 is 0 Å². The van der Waals surface area contributed by atoms with Gasteiger partial charge in [0.15, 0.2) is 5.76 Å². The van der Waals surface area contributed by atoms with Gasteiger partial charge in [-0.3, -0.25) is 0 Å². The third-order valence-corrected chi connectivity index (χ3v) is 3.02. The molecule has 108 valence electrons. The number of aromatic nitrogens is 1. The largest absolute Gasteiger partial charge is 0.493 e. The molecule has 4 heteroatoms. The van der Waals surface area contributed by atoms with Crippen LogP contribution in [-0.2, 0) is 6.54 Å². The fraction of sp³-hybridized carbons (Fsp3) is 0.438. The van der Waals surface area contributed by atoms with E-state index in [1.807, 2.05) is 30.3 Å². The zero-order valence-electron chi connectivity index (χ0n) is 12.2. The lowest BCUT2D eigenvalue weighted by Gasteiger charge is -2.08. The number of unbranched alkanes of at least 4 members (excludes halogenated alkanes) is 1. The Hall–Kier alpha value is -1.81. The van der Waals surface area contributed by atoms with Gasteiger partial charge in [-0.1, -0.05) is 37.6 Å². The van der Waals surface area contributed by atoms with E-state index in [1.165, 1.54) is 0 Å². The number of hydrogen-bond donors (Lipinski definition) is 1. The first kappa shape index (κ1) is 14.6. The smallest absolute Gasteiger partial charge is 0.170 e. The first-order valence-electron chi connectivity index (χ1n) is 7.23. The molecule has 2 aromatic rings. The maximum absolute atomic E-state index is 5.82. The zero-order chi connectivity index (χ0) is 14.2. The van der Waals surface area contributed by atoms with Gasteiger partial charge in [0.25, 0.3) is 0 Å². The Kier molecular flexibility index (Phi) is 5.62. The fourth-order valence-electron chi connectivity index (χ4n) is 1.90. The van der Waals surface area contributed by atoms with Crippen molar-refractivity contribution < 1.29 is 9.26 Å². The molecule has 0 aliphatic heterocycles. The van der Waals surface area contributed by atoms with Crippen molar-refractivity contribution in [1.82, 2.24) is 10.5 Å². The lowest BCUT2D eigenvalue weighted by atomic mass is 10.1. The van der Waals surface area contributed by atoms with Crippen molar-refractivity contribution in [3.8, 4) is 17.1 Å². The van der Waals surface area contributed by atoms with Crippen LogP contribution in [-0.4, -0.2) is 18.3 Å². The van der Waals surface area contributed by atoms with Gasteiger partial charge in [-0.15, -0.1) is 0 Å². The molecule has 0 saturated heterocycles. The summed E-state index contributed by atoms with van der Waals surface area (Å²) in [6, 6.07) is 9.89. The van der Waals surface area contributed by atoms with Gasteiger partial charge in [-0.2, -0.15) is 0 Å². The Bertz CT molecular complexity index is 523. The predicted molar refractivity (Wildman–Crippen MR) is 79.7 cm³/mol. The van der Waals surface area contributed by atoms with E-state index in [1.54, 1.807) is 0 Å². The third kappa shape index (κ3) is 3.84. The average molecular weight is 274 g/mol. The number of rotatable bonds is 8. The molecule has 0 fully saturated rings. The summed E-state index contributed by atoms with van der Waals surface area (Å²) in [5, 5.41) is 7.31. The topological polar surface area (TPSA) is 47.3 Å². The summed E-state index contributed by atoms with van der Waals surface area (Å²) in [7, 11) is 0. The highest BCUT2D eigenvalue weighted by atomic mass is 16.5. The first-order valence-corrected chi connectivity index (χ1v) is 7.23. The van der Waals surface area contributed by atoms with E-state index in [4.69, 9.17) is 9.26 Å². The van der Waals surface area contributed by atoms with Crippen LogP contribution in [0.2, 0.25) is 0 Å². The van der Waals surface area contributed by atoms with Gasteiger partial charge < -0.3 is 14.6 Å². The van der Waals surface area contributed by atoms with E-state index in [0.717, 1.165) is 55.3 Å². The van der Waals surface area contributed by atoms with E-state index in [0.29, 0.717) is 0 Å². The van der Waals surface area contributed by atoms with E-state index in [-0.39, 0.29) is 0 Å². The fourth-order valence-corrected chi connectivity index (χ4v) is 1.90. The van der Waals surface area contributed by atoms with Crippen LogP contribution < -0.4 is 10.1 Å². The molecular weight excluding hydrogens is 252 g/mol. The van der Waals surface area contributed by atoms with Crippen LogP contribution in [0.15, 0.2) is 34.9 Å². The van der Waals surface area contributed by atoms with E-state index >= 15 is 0 Å². The molecule has 20 heavy (non-hydrogen) atoms. The first-order chi connectivity index (χ1) is 9.85. The highest BCUT2D eigenvalue weighted by Crippen LogP contribution is 2.30. The maximum atomic E-state index is 5.82. The number of hydrogen-bond acceptors (Lipinski definition) is 4. The molecule has 0 spiro atoms. The van der Waals surface area contributed by atoms with Crippen LogP contribution in [0.4, 0.5) is 0 Å². The molecule has 0 aliphatic rings. The van der Waals surface area contributed by atoms with Gasteiger partial charge in [-0.25, -0.2) is 0 Å². The van der Waals surface area contributed by atoms with E-state index in [9.17, 15) is 0 Å². The normalized spacial score (nSPS) is 10.7. The van der Waals surface area contributed by atoms with Crippen molar-refractivity contribution in [2.24, 2.45) is 0 Å². The van der Waals surface area contributed by atoms with Crippen LogP contribution in [0.3, 0.4) is 0 Å². The molecule has 1 aromatic heterocycles. The van der Waals surface area contributed by atoms with Gasteiger partial charge >= 0.3 is 0 Å². The highest BCUT2D eigenvalue weighted by molar-refractivity contribution is 5.65. The number of nitrogens with one attached hydrogen (secondary N) is 1. The molecule has 1 N–H and O–H groups in total. The lowest BCUT2D eigenvalue weighted by molar-refractivity contribution is 0.309. The molecule has 1 aromatic carbocycles. The third-order valence-electron chi connectivity index (χ3n) is 3.02. The van der Waals surface area contributed by atoms with E-state index < -0.39 is 0 Å². The molecule has 0 atom stereocenters. The Balaban J connectivity index is 2.12. The minimum atomic E-state index is 0.721. The zero-order valence-corrected chi connectivity index (χ0v) is 12.2. The van der Waals surface area contributed by atoms with E-state index in [2.05, 4.69) is 24.3 Å². The van der Waals surface area contributed by atoms with Crippen LogP contribution in [0.25, 0.3) is 11.3 Å². The second-order valence-electron chi connectivity index (χ2n) is 4.66. The average Bonchev–Trinajstić information content (AvgIpc) is 2.94. The summed E-state index contributed by atoms with van der Waals surface area (Å²) in [6.45, 7) is 6.58. The molecule has 2 rings (SSSR count). The summed E-state index contributed by atoms with van der Waals surface area (Å²) < 4.78 is 11.2. The molecule has 1 heterocycles. The van der Waals surface area contributed by atoms with Crippen molar-refractivity contribution in [3.05, 3.63) is 36.0 Å². The number of ether oxygens (including phenoxy) is 1. The van der Waals surface area contributed by atoms with Crippen molar-refractivity contribution in [3.63, 3.8) is 0 Å². The van der Waals surface area contributed by atoms with Crippen molar-refractivity contribution in [1.29, 1.82) is 0 Å². The summed E-state index contributed by atoms with van der Waals surface area (Å²) in [6.07, 6.45) is 2.17. The summed E-state index contributed by atoms with van der Waals surface area (Å²) >= 11 is 0. The second-order valence-corrected chi connectivity index (χ2v) is 4.66. The van der Waals surface area contributed by atoms with Crippen molar-refractivity contribution >= 4 is 0 Å². The number of nitrogens with zero attached hydrogens (tertiary/aromatic N) is 1. The van der Waals surface area contributed by atoms with Crippen molar-refractivity contribution in [2.45, 2.75) is 33.2 Å². The standard InChI is InChI=1S/C16H22N2O2/c1-3-5-10-19-15-9-7-6-8-14(15)16-11-13(18-20-16)12-17-4-2/h6-9,11,17H,3-5,10,12H2,1-2H3. The quantitative estimate of drug-likeness (QED) is 0.747. The Morgan fingerprint density at radius 2 is 2.10 bits per heavy atom. The molecule has 0 saturated carbocycles. The Morgan fingerprint density at radius 3 is 2.90 bits per heavy atom. The summed E-state index contributed by atoms with van der Waals surface area (Å²) in [5.74, 6) is 1.61. The predicted octanol–water partition coefficient (Wildman–Crippen LogP) is 3.63. The molecule has 0 amide bonds. The minimum Gasteiger partial charge on any atom is -0.493 e. The van der Waals surface area contributed by atoms with Gasteiger partial charge in [0, 0.05) is 12.6 Å². The molecule has 0 aliphatic carbocycles. The van der Waals surface area contributed by atoms with Crippen LogP contribution in [0.5, 0.6) is 5.75 Å². The summed E-state index contributed by atoms with van der Waals surface area (Å²) in [5.41, 5.74) is 1.86. The Morgan fingerprint density at radius 1 is 1.25 bits per heavy atom. The van der Waals surface area contributed by atoms with Gasteiger partial charge in [0.2, 0.25) is 0 Å². The minimum absolute atomic E-state index is 0.721. The molecule has 0 bridgehead atoms. The highest BCUT2D eigenvalue weighted by Gasteiger charge is 2.11. The number of benzene rings is 1. The monoisotopic (exact) mass is 274 g/mol. The SMILES string of the molecule is CCCCOc1ccccc1-c1cc(CNCC)no1. The van der Waals surface area contributed by atoms with Crippen molar-refractivity contribution in [2.75, 3.05) is 13.2 Å². The molecule has 4 nitrogen and oxygen atoms in total. The maximum Gasteiger partial charge on any atom is 0.170 e.